The van der Waals surface area contributed by atoms with Gasteiger partial charge < -0.3 is 10.2 Å². The average molecular weight is 473 g/mol. The molecular weight excluding hydrogens is 432 g/mol. The molecule has 0 saturated heterocycles. The second-order valence-electron chi connectivity index (χ2n) is 9.94. The molecule has 1 amide bonds. The number of hydrogen-bond acceptors (Lipinski definition) is 5. The van der Waals surface area contributed by atoms with E-state index in [0.717, 1.165) is 30.6 Å². The molecule has 6 nitrogen and oxygen atoms in total. The molecule has 0 bridgehead atoms. The van der Waals surface area contributed by atoms with E-state index in [1.54, 1.807) is 11.6 Å². The molecular formula is C26H40N4O2S. The van der Waals surface area contributed by atoms with Crippen LogP contribution in [0.25, 0.3) is 0 Å². The van der Waals surface area contributed by atoms with Gasteiger partial charge in [-0.05, 0) is 44.0 Å². The van der Waals surface area contributed by atoms with E-state index in [4.69, 9.17) is 4.98 Å². The number of thioether (sulfide) groups is 1. The van der Waals surface area contributed by atoms with Crippen LogP contribution in [0.2, 0.25) is 0 Å². The lowest BCUT2D eigenvalue weighted by Crippen LogP contribution is -2.37. The van der Waals surface area contributed by atoms with E-state index >= 15 is 0 Å². The predicted molar refractivity (Wildman–Crippen MR) is 138 cm³/mol. The van der Waals surface area contributed by atoms with E-state index < -0.39 is 0 Å². The maximum absolute atomic E-state index is 13.2. The van der Waals surface area contributed by atoms with Crippen LogP contribution in [-0.4, -0.2) is 52.8 Å². The van der Waals surface area contributed by atoms with Gasteiger partial charge in [0.25, 0.3) is 5.56 Å². The van der Waals surface area contributed by atoms with Gasteiger partial charge in [0.2, 0.25) is 5.91 Å². The molecule has 1 aromatic heterocycles. The molecule has 0 saturated carbocycles. The highest BCUT2D eigenvalue weighted by atomic mass is 32.2. The second-order valence-corrected chi connectivity index (χ2v) is 11.1. The minimum atomic E-state index is -0.273. The first-order valence-corrected chi connectivity index (χ1v) is 12.6. The SMILES string of the molecule is CCCC(Sc1nc(C)c(Cc2ccc(C(C)(C)C)cc2)c(=O)n1C)C(=O)NCCN(C)C. The Hall–Kier alpha value is -2.12. The molecule has 0 aliphatic carbocycles. The van der Waals surface area contributed by atoms with Crippen LogP contribution in [0.4, 0.5) is 0 Å². The molecule has 0 spiro atoms. The summed E-state index contributed by atoms with van der Waals surface area (Å²) in [5.41, 5.74) is 3.84. The molecule has 1 heterocycles. The number of benzene rings is 1. The van der Waals surface area contributed by atoms with Gasteiger partial charge in [-0.2, -0.15) is 0 Å². The Balaban J connectivity index is 2.22. The summed E-state index contributed by atoms with van der Waals surface area (Å²) in [6, 6.07) is 8.46. The van der Waals surface area contributed by atoms with Gasteiger partial charge in [-0.1, -0.05) is 70.1 Å². The van der Waals surface area contributed by atoms with Gasteiger partial charge in [-0.15, -0.1) is 0 Å². The van der Waals surface area contributed by atoms with Gasteiger partial charge in [0, 0.05) is 37.8 Å². The van der Waals surface area contributed by atoms with E-state index in [9.17, 15) is 9.59 Å². The van der Waals surface area contributed by atoms with Crippen molar-refractivity contribution in [2.24, 2.45) is 7.05 Å². The molecule has 1 unspecified atom stereocenters. The van der Waals surface area contributed by atoms with Gasteiger partial charge in [0.05, 0.1) is 5.25 Å². The summed E-state index contributed by atoms with van der Waals surface area (Å²) < 4.78 is 1.59. The summed E-state index contributed by atoms with van der Waals surface area (Å²) >= 11 is 1.38. The fourth-order valence-electron chi connectivity index (χ4n) is 3.52. The number of aryl methyl sites for hydroxylation is 1. The number of rotatable bonds is 10. The number of carbonyl (C=O) groups excluding carboxylic acids is 1. The fraction of sp³-hybridized carbons (Fsp3) is 0.577. The van der Waals surface area contributed by atoms with E-state index in [2.05, 4.69) is 57.3 Å². The molecule has 2 aromatic rings. The zero-order valence-electron chi connectivity index (χ0n) is 21.5. The third kappa shape index (κ3) is 7.71. The number of nitrogens with zero attached hydrogens (tertiary/aromatic N) is 3. The van der Waals surface area contributed by atoms with Crippen molar-refractivity contribution >= 4 is 17.7 Å². The topological polar surface area (TPSA) is 67.2 Å². The van der Waals surface area contributed by atoms with Crippen molar-refractivity contribution in [1.82, 2.24) is 19.8 Å². The number of hydrogen-bond donors (Lipinski definition) is 1. The quantitative estimate of drug-likeness (QED) is 0.419. The molecule has 182 valence electrons. The Labute approximate surface area is 203 Å². The Morgan fingerprint density at radius 2 is 1.85 bits per heavy atom. The van der Waals surface area contributed by atoms with Crippen LogP contribution in [0.1, 0.15) is 62.9 Å². The Kier molecular flexibility index (Phi) is 9.73. The third-order valence-corrected chi connectivity index (χ3v) is 7.01. The molecule has 0 aliphatic heterocycles. The van der Waals surface area contributed by atoms with E-state index in [1.807, 2.05) is 25.9 Å². The van der Waals surface area contributed by atoms with Crippen molar-refractivity contribution < 1.29 is 4.79 Å². The first-order valence-electron chi connectivity index (χ1n) is 11.7. The lowest BCUT2D eigenvalue weighted by atomic mass is 9.86. The number of amides is 1. The van der Waals surface area contributed by atoms with Crippen molar-refractivity contribution in [2.75, 3.05) is 27.2 Å². The third-order valence-electron chi connectivity index (χ3n) is 5.70. The number of likely N-dealkylation sites (N-methyl/N-ethyl adjacent to an activating group) is 1. The van der Waals surface area contributed by atoms with Crippen LogP contribution >= 0.6 is 11.8 Å². The molecule has 0 aliphatic rings. The first kappa shape index (κ1) is 27.1. The predicted octanol–water partition coefficient (Wildman–Crippen LogP) is 3.92. The van der Waals surface area contributed by atoms with Gasteiger partial charge in [0.1, 0.15) is 0 Å². The molecule has 7 heteroatoms. The van der Waals surface area contributed by atoms with Gasteiger partial charge in [-0.3, -0.25) is 14.2 Å². The van der Waals surface area contributed by atoms with Crippen LogP contribution in [-0.2, 0) is 23.7 Å². The van der Waals surface area contributed by atoms with Gasteiger partial charge in [-0.25, -0.2) is 4.98 Å². The molecule has 1 N–H and O–H groups in total. The standard InChI is InChI=1S/C26H40N4O2S/c1-9-10-22(23(31)27-15-16-29(6)7)33-25-28-18(2)21(24(32)30(25)8)17-19-11-13-20(14-12-19)26(3,4)5/h11-14,22H,9-10,15-17H2,1-8H3,(H,27,31). The normalized spacial score (nSPS) is 12.8. The highest BCUT2D eigenvalue weighted by Crippen LogP contribution is 2.26. The smallest absolute Gasteiger partial charge is 0.257 e. The van der Waals surface area contributed by atoms with Gasteiger partial charge >= 0.3 is 0 Å². The lowest BCUT2D eigenvalue weighted by molar-refractivity contribution is -0.120. The summed E-state index contributed by atoms with van der Waals surface area (Å²) in [6.45, 7) is 11.9. The molecule has 33 heavy (non-hydrogen) atoms. The summed E-state index contributed by atoms with van der Waals surface area (Å²) in [5, 5.41) is 3.33. The molecule has 0 fully saturated rings. The van der Waals surface area contributed by atoms with E-state index in [0.29, 0.717) is 23.7 Å². The van der Waals surface area contributed by atoms with Crippen LogP contribution in [0, 0.1) is 6.92 Å². The maximum Gasteiger partial charge on any atom is 0.257 e. The summed E-state index contributed by atoms with van der Waals surface area (Å²) in [4.78, 5) is 32.7. The zero-order chi connectivity index (χ0) is 24.8. The number of aromatic nitrogens is 2. The van der Waals surface area contributed by atoms with Crippen molar-refractivity contribution in [3.63, 3.8) is 0 Å². The number of carbonyl (C=O) groups is 1. The second kappa shape index (κ2) is 11.8. The molecule has 1 atom stereocenters. The van der Waals surface area contributed by atoms with Crippen LogP contribution < -0.4 is 10.9 Å². The zero-order valence-corrected chi connectivity index (χ0v) is 22.3. The monoisotopic (exact) mass is 472 g/mol. The fourth-order valence-corrected chi connectivity index (χ4v) is 4.74. The minimum Gasteiger partial charge on any atom is -0.354 e. The average Bonchev–Trinajstić information content (AvgIpc) is 2.73. The first-order chi connectivity index (χ1) is 15.4. The summed E-state index contributed by atoms with van der Waals surface area (Å²) in [5.74, 6) is -0.00128. The van der Waals surface area contributed by atoms with Crippen LogP contribution in [0.5, 0.6) is 0 Å². The van der Waals surface area contributed by atoms with E-state index in [-0.39, 0.29) is 22.1 Å². The van der Waals surface area contributed by atoms with Crippen molar-refractivity contribution in [1.29, 1.82) is 0 Å². The summed E-state index contributed by atoms with van der Waals surface area (Å²) in [6.07, 6.45) is 2.16. The Morgan fingerprint density at radius 3 is 2.39 bits per heavy atom. The maximum atomic E-state index is 13.2. The largest absolute Gasteiger partial charge is 0.354 e. The van der Waals surface area contributed by atoms with Crippen molar-refractivity contribution in [3.05, 3.63) is 57.0 Å². The molecule has 2 rings (SSSR count). The van der Waals surface area contributed by atoms with Crippen LogP contribution in [0.15, 0.2) is 34.2 Å². The molecule has 0 radical (unpaired) electrons. The van der Waals surface area contributed by atoms with E-state index in [1.165, 1.54) is 17.3 Å². The Bertz CT molecular complexity index is 991. The summed E-state index contributed by atoms with van der Waals surface area (Å²) in [7, 11) is 5.71. The highest BCUT2D eigenvalue weighted by Gasteiger charge is 2.22. The molecule has 1 aromatic carbocycles. The Morgan fingerprint density at radius 1 is 1.21 bits per heavy atom. The van der Waals surface area contributed by atoms with Gasteiger partial charge in [0.15, 0.2) is 5.16 Å². The lowest BCUT2D eigenvalue weighted by Gasteiger charge is -2.20. The van der Waals surface area contributed by atoms with Crippen molar-refractivity contribution in [3.8, 4) is 0 Å². The minimum absolute atomic E-state index is 0.00128. The van der Waals surface area contributed by atoms with Crippen molar-refractivity contribution in [2.45, 2.75) is 69.7 Å². The highest BCUT2D eigenvalue weighted by molar-refractivity contribution is 8.00. The number of nitrogens with one attached hydrogen (secondary N) is 1. The van der Waals surface area contributed by atoms with Crippen LogP contribution in [0.3, 0.4) is 0 Å².